The van der Waals surface area contributed by atoms with Crippen LogP contribution in [0.5, 0.6) is 0 Å². The number of carbonyl (C=O) groups excluding carboxylic acids is 2. The second-order valence-corrected chi connectivity index (χ2v) is 9.48. The van der Waals surface area contributed by atoms with Crippen molar-refractivity contribution in [3.8, 4) is 0 Å². The second-order valence-electron chi connectivity index (χ2n) is 9.48. The summed E-state index contributed by atoms with van der Waals surface area (Å²) in [4.78, 5) is 29.3. The van der Waals surface area contributed by atoms with Gasteiger partial charge in [0.1, 0.15) is 5.41 Å². The van der Waals surface area contributed by atoms with Crippen LogP contribution in [0.1, 0.15) is 35.1 Å². The van der Waals surface area contributed by atoms with Gasteiger partial charge in [-0.15, -0.1) is 0 Å². The van der Waals surface area contributed by atoms with Crippen LogP contribution in [-0.2, 0) is 26.3 Å². The van der Waals surface area contributed by atoms with Gasteiger partial charge < -0.3 is 9.64 Å². The van der Waals surface area contributed by atoms with Crippen LogP contribution < -0.4 is 0 Å². The third-order valence-corrected chi connectivity index (χ3v) is 7.18. The Morgan fingerprint density at radius 1 is 0.795 bits per heavy atom. The monoisotopic (exact) mass is 513 g/mol. The van der Waals surface area contributed by atoms with E-state index in [1.807, 2.05) is 109 Å². The molecule has 0 aromatic heterocycles. The van der Waals surface area contributed by atoms with Gasteiger partial charge in [0.25, 0.3) is 0 Å². The van der Waals surface area contributed by atoms with Crippen molar-refractivity contribution in [3.63, 3.8) is 0 Å². The van der Waals surface area contributed by atoms with Crippen LogP contribution in [0.15, 0.2) is 145 Å². The lowest BCUT2D eigenvalue weighted by Crippen LogP contribution is -2.53. The second kappa shape index (κ2) is 11.8. The molecule has 0 bridgehead atoms. The molecule has 1 heterocycles. The molecule has 0 saturated carbocycles. The lowest BCUT2D eigenvalue weighted by Gasteiger charge is -2.47. The summed E-state index contributed by atoms with van der Waals surface area (Å²) in [6.45, 7) is 2.42. The molecule has 4 heteroatoms. The number of amides is 1. The number of allylic oxidation sites excluding steroid dienone is 2. The SMILES string of the molecule is CCOC(=O)/C=C\C1=C[C@@H](c2ccccc2)C(c2ccccc2)(c2ccccc2)C(=O)N1Cc1ccccc1. The molecular weight excluding hydrogens is 482 g/mol. The number of hydrogen-bond donors (Lipinski definition) is 0. The lowest BCUT2D eigenvalue weighted by molar-refractivity contribution is -0.138. The fourth-order valence-corrected chi connectivity index (χ4v) is 5.45. The Bertz CT molecular complexity index is 1420. The minimum absolute atomic E-state index is 0.0522. The summed E-state index contributed by atoms with van der Waals surface area (Å²) in [5.41, 5.74) is 3.47. The maximum Gasteiger partial charge on any atom is 0.330 e. The molecule has 1 aliphatic heterocycles. The van der Waals surface area contributed by atoms with Gasteiger partial charge >= 0.3 is 5.97 Å². The summed E-state index contributed by atoms with van der Waals surface area (Å²) < 4.78 is 5.15. The highest BCUT2D eigenvalue weighted by atomic mass is 16.5. The third kappa shape index (κ3) is 5.19. The Kier molecular flexibility index (Phi) is 7.83. The molecule has 0 N–H and O–H groups in total. The molecule has 0 unspecified atom stereocenters. The van der Waals surface area contributed by atoms with Crippen molar-refractivity contribution in [1.82, 2.24) is 4.90 Å². The standard InChI is InChI=1S/C35H31NO3/c1-2-39-33(37)24-23-31-25-32(28-17-9-4-10-18-28)35(29-19-11-5-12-20-29,30-21-13-6-14-22-30)34(38)36(31)26-27-15-7-3-8-16-27/h3-25,32H,2,26H2,1H3/b24-23-/t32-/m0/s1. The summed E-state index contributed by atoms with van der Waals surface area (Å²) >= 11 is 0. The molecule has 1 aliphatic rings. The van der Waals surface area contributed by atoms with Gasteiger partial charge in [-0.3, -0.25) is 4.79 Å². The predicted octanol–water partition coefficient (Wildman–Crippen LogP) is 6.80. The van der Waals surface area contributed by atoms with Crippen LogP contribution in [0.3, 0.4) is 0 Å². The van der Waals surface area contributed by atoms with Crippen molar-refractivity contribution >= 4 is 11.9 Å². The predicted molar refractivity (Wildman–Crippen MR) is 154 cm³/mol. The normalized spacial score (nSPS) is 16.6. The molecule has 4 aromatic carbocycles. The average molecular weight is 514 g/mol. The van der Waals surface area contributed by atoms with Crippen LogP contribution in [0.2, 0.25) is 0 Å². The van der Waals surface area contributed by atoms with Crippen LogP contribution >= 0.6 is 0 Å². The molecule has 1 atom stereocenters. The Hall–Kier alpha value is -4.70. The van der Waals surface area contributed by atoms with Crippen molar-refractivity contribution in [2.45, 2.75) is 24.8 Å². The van der Waals surface area contributed by atoms with E-state index in [0.29, 0.717) is 12.2 Å². The Labute approximate surface area is 229 Å². The first-order valence-electron chi connectivity index (χ1n) is 13.2. The number of carbonyl (C=O) groups is 2. The number of rotatable bonds is 8. The van der Waals surface area contributed by atoms with Gasteiger partial charge in [-0.25, -0.2) is 4.79 Å². The van der Waals surface area contributed by atoms with E-state index in [-0.39, 0.29) is 18.4 Å². The molecule has 1 amide bonds. The fraction of sp³-hybridized carbons (Fsp3) is 0.143. The first kappa shape index (κ1) is 25.9. The molecular formula is C35H31NO3. The van der Waals surface area contributed by atoms with Crippen LogP contribution in [-0.4, -0.2) is 23.4 Å². The molecule has 0 saturated heterocycles. The Morgan fingerprint density at radius 3 is 1.85 bits per heavy atom. The smallest absolute Gasteiger partial charge is 0.330 e. The van der Waals surface area contributed by atoms with Gasteiger partial charge in [-0.2, -0.15) is 0 Å². The van der Waals surface area contributed by atoms with E-state index in [2.05, 4.69) is 18.2 Å². The number of hydrogen-bond acceptors (Lipinski definition) is 3. The quantitative estimate of drug-likeness (QED) is 0.192. The van der Waals surface area contributed by atoms with E-state index in [9.17, 15) is 4.79 Å². The molecule has 5 rings (SSSR count). The van der Waals surface area contributed by atoms with Gasteiger partial charge in [0, 0.05) is 17.7 Å². The van der Waals surface area contributed by atoms with Crippen LogP contribution in [0.4, 0.5) is 0 Å². The molecule has 0 spiro atoms. The van der Waals surface area contributed by atoms with Gasteiger partial charge in [-0.1, -0.05) is 127 Å². The summed E-state index contributed by atoms with van der Waals surface area (Å²) in [6, 6.07) is 40.0. The largest absolute Gasteiger partial charge is 0.463 e. The molecule has 4 nitrogen and oxygen atoms in total. The number of esters is 1. The van der Waals surface area contributed by atoms with Crippen molar-refractivity contribution in [1.29, 1.82) is 0 Å². The topological polar surface area (TPSA) is 46.6 Å². The summed E-state index contributed by atoms with van der Waals surface area (Å²) in [5, 5.41) is 0. The zero-order chi connectivity index (χ0) is 27.1. The molecule has 0 radical (unpaired) electrons. The van der Waals surface area contributed by atoms with Gasteiger partial charge in [0.2, 0.25) is 5.91 Å². The number of benzene rings is 4. The summed E-state index contributed by atoms with van der Waals surface area (Å²) in [7, 11) is 0. The average Bonchev–Trinajstić information content (AvgIpc) is 2.99. The zero-order valence-electron chi connectivity index (χ0n) is 21.9. The van der Waals surface area contributed by atoms with Crippen molar-refractivity contribution in [3.05, 3.63) is 168 Å². The van der Waals surface area contributed by atoms with Crippen LogP contribution in [0.25, 0.3) is 0 Å². The lowest BCUT2D eigenvalue weighted by atomic mass is 9.61. The van der Waals surface area contributed by atoms with Crippen molar-refractivity contribution in [2.24, 2.45) is 0 Å². The zero-order valence-corrected chi connectivity index (χ0v) is 21.9. The Morgan fingerprint density at radius 2 is 1.31 bits per heavy atom. The van der Waals surface area contributed by atoms with Crippen molar-refractivity contribution in [2.75, 3.05) is 6.61 Å². The van der Waals surface area contributed by atoms with Crippen molar-refractivity contribution < 1.29 is 14.3 Å². The number of ether oxygens (including phenoxy) is 1. The number of nitrogens with zero attached hydrogens (tertiary/aromatic N) is 1. The molecule has 39 heavy (non-hydrogen) atoms. The highest BCUT2D eigenvalue weighted by molar-refractivity contribution is 5.97. The summed E-state index contributed by atoms with van der Waals surface area (Å²) in [6.07, 6.45) is 5.23. The van der Waals surface area contributed by atoms with E-state index in [0.717, 1.165) is 22.3 Å². The van der Waals surface area contributed by atoms with E-state index in [4.69, 9.17) is 4.74 Å². The fourth-order valence-electron chi connectivity index (χ4n) is 5.45. The maximum absolute atomic E-state index is 15.2. The van der Waals surface area contributed by atoms with Gasteiger partial charge in [-0.05, 0) is 35.3 Å². The van der Waals surface area contributed by atoms with Gasteiger partial charge in [0.05, 0.1) is 13.2 Å². The van der Waals surface area contributed by atoms with E-state index in [1.54, 1.807) is 17.9 Å². The summed E-state index contributed by atoms with van der Waals surface area (Å²) in [5.74, 6) is -0.821. The van der Waals surface area contributed by atoms with Crippen LogP contribution in [0, 0.1) is 0 Å². The van der Waals surface area contributed by atoms with E-state index < -0.39 is 11.4 Å². The van der Waals surface area contributed by atoms with Gasteiger partial charge in [0.15, 0.2) is 0 Å². The highest BCUT2D eigenvalue weighted by Gasteiger charge is 2.53. The molecule has 0 aliphatic carbocycles. The first-order chi connectivity index (χ1) is 19.1. The molecule has 4 aromatic rings. The first-order valence-corrected chi connectivity index (χ1v) is 13.2. The minimum atomic E-state index is -1.03. The van der Waals surface area contributed by atoms with E-state index >= 15 is 4.79 Å². The highest BCUT2D eigenvalue weighted by Crippen LogP contribution is 2.50. The maximum atomic E-state index is 15.2. The molecule has 194 valence electrons. The third-order valence-electron chi connectivity index (χ3n) is 7.18. The minimum Gasteiger partial charge on any atom is -0.463 e. The Balaban J connectivity index is 1.79. The molecule has 0 fully saturated rings. The van der Waals surface area contributed by atoms with E-state index in [1.165, 1.54) is 6.08 Å².